The van der Waals surface area contributed by atoms with Gasteiger partial charge in [-0.3, -0.25) is 4.79 Å². The van der Waals surface area contributed by atoms with Crippen LogP contribution < -0.4 is 10.1 Å². The first-order valence-corrected chi connectivity index (χ1v) is 12.3. The molecule has 0 saturated carbocycles. The zero-order chi connectivity index (χ0) is 22.4. The van der Waals surface area contributed by atoms with Gasteiger partial charge < -0.3 is 10.1 Å². The second-order valence-corrected chi connectivity index (χ2v) is 10.1. The number of unbranched alkanes of at least 4 members (excludes halogenated alkanes) is 1. The molecule has 1 aliphatic heterocycles. The maximum atomic E-state index is 13.1. The summed E-state index contributed by atoms with van der Waals surface area (Å²) >= 11 is 0. The molecule has 31 heavy (non-hydrogen) atoms. The lowest BCUT2D eigenvalue weighted by Gasteiger charge is -2.31. The van der Waals surface area contributed by atoms with Crippen LogP contribution in [0.2, 0.25) is 0 Å². The fourth-order valence-electron chi connectivity index (χ4n) is 3.92. The summed E-state index contributed by atoms with van der Waals surface area (Å²) in [6.45, 7) is 4.59. The molecule has 2 aromatic rings. The summed E-state index contributed by atoms with van der Waals surface area (Å²) < 4.78 is 32.9. The van der Waals surface area contributed by atoms with Crippen molar-refractivity contribution in [3.8, 4) is 5.75 Å². The van der Waals surface area contributed by atoms with E-state index in [2.05, 4.69) is 12.2 Å². The number of aryl methyl sites for hydroxylation is 2. The third-order valence-corrected chi connectivity index (χ3v) is 7.66. The smallest absolute Gasteiger partial charge is 0.243 e. The Labute approximate surface area is 185 Å². The molecule has 2 aromatic carbocycles. The van der Waals surface area contributed by atoms with Crippen LogP contribution in [0.5, 0.6) is 5.75 Å². The molecule has 168 valence electrons. The Kier molecular flexibility index (Phi) is 7.73. The van der Waals surface area contributed by atoms with Crippen LogP contribution in [0, 0.1) is 12.8 Å². The van der Waals surface area contributed by atoms with Crippen molar-refractivity contribution in [2.24, 2.45) is 5.92 Å². The van der Waals surface area contributed by atoms with E-state index in [1.54, 1.807) is 25.3 Å². The van der Waals surface area contributed by atoms with E-state index < -0.39 is 10.0 Å². The first kappa shape index (κ1) is 23.3. The molecule has 0 spiro atoms. The Morgan fingerprint density at radius 2 is 1.94 bits per heavy atom. The molecule has 1 saturated heterocycles. The van der Waals surface area contributed by atoms with Gasteiger partial charge in [0.25, 0.3) is 0 Å². The van der Waals surface area contributed by atoms with E-state index >= 15 is 0 Å². The summed E-state index contributed by atoms with van der Waals surface area (Å²) in [7, 11) is -2.11. The van der Waals surface area contributed by atoms with Crippen molar-refractivity contribution >= 4 is 21.6 Å². The predicted molar refractivity (Wildman–Crippen MR) is 123 cm³/mol. The number of methoxy groups -OCH3 is 1. The predicted octanol–water partition coefficient (Wildman–Crippen LogP) is 4.39. The molecule has 1 amide bonds. The normalized spacial score (nSPS) is 17.3. The lowest BCUT2D eigenvalue weighted by molar-refractivity contribution is -0.120. The van der Waals surface area contributed by atoms with Crippen LogP contribution in [0.4, 0.5) is 5.69 Å². The Bertz CT molecular complexity index is 1000. The molecule has 0 radical (unpaired) electrons. The average molecular weight is 445 g/mol. The Balaban J connectivity index is 1.66. The first-order chi connectivity index (χ1) is 14.8. The average Bonchev–Trinajstić information content (AvgIpc) is 2.78. The molecular weight excluding hydrogens is 412 g/mol. The lowest BCUT2D eigenvalue weighted by Crippen LogP contribution is -2.43. The number of anilines is 1. The van der Waals surface area contributed by atoms with Crippen molar-refractivity contribution in [1.29, 1.82) is 0 Å². The zero-order valence-electron chi connectivity index (χ0n) is 18.6. The summed E-state index contributed by atoms with van der Waals surface area (Å²) in [5.74, 6) is 0.144. The molecule has 1 unspecified atom stereocenters. The fourth-order valence-corrected chi connectivity index (χ4v) is 5.52. The minimum absolute atomic E-state index is 0.132. The van der Waals surface area contributed by atoms with Gasteiger partial charge in [-0.15, -0.1) is 0 Å². The van der Waals surface area contributed by atoms with Crippen molar-refractivity contribution in [2.45, 2.75) is 50.8 Å². The van der Waals surface area contributed by atoms with Gasteiger partial charge in [0.1, 0.15) is 5.75 Å². The summed E-state index contributed by atoms with van der Waals surface area (Å²) in [4.78, 5) is 13.1. The van der Waals surface area contributed by atoms with Crippen molar-refractivity contribution in [1.82, 2.24) is 4.31 Å². The molecule has 0 bridgehead atoms. The highest BCUT2D eigenvalue weighted by Crippen LogP contribution is 2.28. The second-order valence-electron chi connectivity index (χ2n) is 8.12. The van der Waals surface area contributed by atoms with Crippen LogP contribution in [0.15, 0.2) is 47.4 Å². The number of amides is 1. The maximum absolute atomic E-state index is 13.1. The number of carbonyl (C=O) groups is 1. The standard InChI is InChI=1S/C24H32N2O4S/c1-4-5-7-19-9-11-21(12-10-19)25-24(27)20-8-6-15-26(17-20)31(28,29)22-13-14-23(30-3)18(2)16-22/h9-14,16,20H,4-8,15,17H2,1-3H3,(H,25,27). The monoisotopic (exact) mass is 444 g/mol. The SMILES string of the molecule is CCCCc1ccc(NC(=O)C2CCCN(S(=O)(=O)c3ccc(OC)c(C)c3)C2)cc1. The number of piperidine rings is 1. The maximum Gasteiger partial charge on any atom is 0.243 e. The number of sulfonamides is 1. The molecule has 1 fully saturated rings. The fraction of sp³-hybridized carbons (Fsp3) is 0.458. The summed E-state index contributed by atoms with van der Waals surface area (Å²) in [6, 6.07) is 12.8. The number of nitrogens with zero attached hydrogens (tertiary/aromatic N) is 1. The van der Waals surface area contributed by atoms with E-state index in [9.17, 15) is 13.2 Å². The van der Waals surface area contributed by atoms with Gasteiger partial charge in [0.05, 0.1) is 17.9 Å². The molecule has 7 heteroatoms. The molecule has 1 atom stereocenters. The Hall–Kier alpha value is -2.38. The van der Waals surface area contributed by atoms with Crippen LogP contribution in [0.1, 0.15) is 43.7 Å². The number of benzene rings is 2. The third kappa shape index (κ3) is 5.66. The highest BCUT2D eigenvalue weighted by Gasteiger charge is 2.33. The van der Waals surface area contributed by atoms with Crippen LogP contribution >= 0.6 is 0 Å². The van der Waals surface area contributed by atoms with Gasteiger partial charge in [0, 0.05) is 18.8 Å². The number of ether oxygens (including phenoxy) is 1. The van der Waals surface area contributed by atoms with E-state index in [4.69, 9.17) is 4.74 Å². The number of nitrogens with one attached hydrogen (secondary N) is 1. The molecule has 6 nitrogen and oxygen atoms in total. The molecule has 1 heterocycles. The third-order valence-electron chi connectivity index (χ3n) is 5.80. The number of hydrogen-bond donors (Lipinski definition) is 1. The van der Waals surface area contributed by atoms with Crippen LogP contribution in [-0.2, 0) is 21.2 Å². The van der Waals surface area contributed by atoms with Gasteiger partial charge >= 0.3 is 0 Å². The molecule has 0 aliphatic carbocycles. The van der Waals surface area contributed by atoms with Gasteiger partial charge in [-0.2, -0.15) is 4.31 Å². The van der Waals surface area contributed by atoms with E-state index in [1.807, 2.05) is 31.2 Å². The van der Waals surface area contributed by atoms with Crippen molar-refractivity contribution < 1.29 is 17.9 Å². The zero-order valence-corrected chi connectivity index (χ0v) is 19.4. The first-order valence-electron chi connectivity index (χ1n) is 10.9. The van der Waals surface area contributed by atoms with Crippen molar-refractivity contribution in [3.05, 3.63) is 53.6 Å². The number of rotatable bonds is 8. The molecule has 0 aromatic heterocycles. The largest absolute Gasteiger partial charge is 0.496 e. The minimum Gasteiger partial charge on any atom is -0.496 e. The topological polar surface area (TPSA) is 75.7 Å². The van der Waals surface area contributed by atoms with E-state index in [0.29, 0.717) is 25.1 Å². The summed E-state index contributed by atoms with van der Waals surface area (Å²) in [5.41, 5.74) is 2.76. The summed E-state index contributed by atoms with van der Waals surface area (Å²) in [6.07, 6.45) is 4.66. The Morgan fingerprint density at radius 3 is 2.58 bits per heavy atom. The highest BCUT2D eigenvalue weighted by molar-refractivity contribution is 7.89. The number of hydrogen-bond acceptors (Lipinski definition) is 4. The summed E-state index contributed by atoms with van der Waals surface area (Å²) in [5, 5.41) is 2.95. The van der Waals surface area contributed by atoms with Gasteiger partial charge in [-0.25, -0.2) is 8.42 Å². The van der Waals surface area contributed by atoms with Crippen molar-refractivity contribution in [2.75, 3.05) is 25.5 Å². The molecular formula is C24H32N2O4S. The van der Waals surface area contributed by atoms with Crippen molar-refractivity contribution in [3.63, 3.8) is 0 Å². The van der Waals surface area contributed by atoms with E-state index in [1.165, 1.54) is 9.87 Å². The molecule has 1 aliphatic rings. The lowest BCUT2D eigenvalue weighted by atomic mass is 9.98. The molecule has 3 rings (SSSR count). The number of carbonyl (C=O) groups excluding carboxylic acids is 1. The molecule has 1 N–H and O–H groups in total. The van der Waals surface area contributed by atoms with Crippen LogP contribution in [0.25, 0.3) is 0 Å². The van der Waals surface area contributed by atoms with Gasteiger partial charge in [-0.1, -0.05) is 25.5 Å². The quantitative estimate of drug-likeness (QED) is 0.655. The van der Waals surface area contributed by atoms with Gasteiger partial charge in [0.15, 0.2) is 0 Å². The van der Waals surface area contributed by atoms with Crippen LogP contribution in [-0.4, -0.2) is 38.8 Å². The second kappa shape index (κ2) is 10.3. The van der Waals surface area contributed by atoms with E-state index in [0.717, 1.165) is 30.5 Å². The Morgan fingerprint density at radius 1 is 1.19 bits per heavy atom. The van der Waals surface area contributed by atoms with Crippen LogP contribution in [0.3, 0.4) is 0 Å². The van der Waals surface area contributed by atoms with Gasteiger partial charge in [-0.05, 0) is 74.1 Å². The van der Waals surface area contributed by atoms with Gasteiger partial charge in [0.2, 0.25) is 15.9 Å². The van der Waals surface area contributed by atoms with E-state index in [-0.39, 0.29) is 23.3 Å². The minimum atomic E-state index is -3.67. The highest BCUT2D eigenvalue weighted by atomic mass is 32.2.